The van der Waals surface area contributed by atoms with Gasteiger partial charge >= 0.3 is 0 Å². The Morgan fingerprint density at radius 2 is 1.72 bits per heavy atom. The topological polar surface area (TPSA) is 168 Å². The van der Waals surface area contributed by atoms with Gasteiger partial charge in [0.05, 0.1) is 68.5 Å². The van der Waals surface area contributed by atoms with Crippen molar-refractivity contribution in [1.29, 1.82) is 0 Å². The summed E-state index contributed by atoms with van der Waals surface area (Å²) in [6.07, 6.45) is 5.41. The number of rotatable bonds is 14. The van der Waals surface area contributed by atoms with E-state index in [0.29, 0.717) is 53.6 Å². The summed E-state index contributed by atoms with van der Waals surface area (Å²) >= 11 is 8.15. The smallest absolute Gasteiger partial charge is 0.282 e. The molecule has 7 heterocycles. The zero-order valence-corrected chi connectivity index (χ0v) is 45.2. The number of hydrogen-bond donors (Lipinski definition) is 2. The Morgan fingerprint density at radius 1 is 0.960 bits per heavy atom. The minimum Gasteiger partial charge on any atom is -0.472 e. The molecular formula is C58H69ClN8O7S. The van der Waals surface area contributed by atoms with Crippen molar-refractivity contribution in [1.82, 2.24) is 39.7 Å². The molecule has 0 bridgehead atoms. The number of likely N-dealkylation sites (tertiary alicyclic amines) is 2. The molecule has 2 amide bonds. The van der Waals surface area contributed by atoms with Crippen LogP contribution in [0.4, 0.5) is 0 Å². The Hall–Kier alpha value is -5.49. The summed E-state index contributed by atoms with van der Waals surface area (Å²) in [7, 11) is 0. The SMILES string of the molecule is Cc1ncsc1-c1ccc([C@H](CN2CCOCC2)NC(=O)[C@@H]2C[C@@H](O)CN2C(=O)[C@@H](c2cc(OC3CCC(CN4CCC(c5ccc6c(c5)-n5c(nc(=O)c7c(Cl)cccc75)C6(C)C)CC4)CC3)no2)C(C)C)cc1. The van der Waals surface area contributed by atoms with E-state index < -0.39 is 23.5 Å². The number of hydrogen-bond acceptors (Lipinski definition) is 13. The molecule has 15 nitrogen and oxygen atoms in total. The molecule has 396 valence electrons. The summed E-state index contributed by atoms with van der Waals surface area (Å²) in [5.74, 6) is 1.07. The summed E-state index contributed by atoms with van der Waals surface area (Å²) in [4.78, 5) is 58.7. The number of β-amino-alcohol motifs (C(OH)–C–C–N with tert-alkyl or cyclic N) is 1. The lowest BCUT2D eigenvalue weighted by molar-refractivity contribution is -0.141. The van der Waals surface area contributed by atoms with Crippen LogP contribution < -0.4 is 15.6 Å². The number of piperidine rings is 1. The average Bonchev–Trinajstić information content (AvgIpc) is 4.20. The van der Waals surface area contributed by atoms with Crippen LogP contribution in [0.15, 0.2) is 81.6 Å². The number of nitrogens with zero attached hydrogens (tertiary/aromatic N) is 7. The second-order valence-electron chi connectivity index (χ2n) is 22.5. The lowest BCUT2D eigenvalue weighted by Crippen LogP contribution is -2.50. The Kier molecular flexibility index (Phi) is 14.8. The van der Waals surface area contributed by atoms with Gasteiger partial charge < -0.3 is 34.2 Å². The van der Waals surface area contributed by atoms with E-state index in [4.69, 9.17) is 25.6 Å². The molecule has 3 saturated heterocycles. The molecule has 1 aliphatic carbocycles. The molecule has 0 radical (unpaired) electrons. The van der Waals surface area contributed by atoms with Gasteiger partial charge in [-0.15, -0.1) is 11.3 Å². The molecule has 1 saturated carbocycles. The van der Waals surface area contributed by atoms with E-state index in [1.807, 2.05) is 38.4 Å². The van der Waals surface area contributed by atoms with Crippen LogP contribution in [0.5, 0.6) is 5.88 Å². The molecule has 5 aliphatic rings. The first kappa shape index (κ1) is 51.6. The maximum absolute atomic E-state index is 14.6. The van der Waals surface area contributed by atoms with Crippen molar-refractivity contribution < 1.29 is 28.7 Å². The van der Waals surface area contributed by atoms with Gasteiger partial charge in [-0.25, -0.2) is 4.98 Å². The van der Waals surface area contributed by atoms with Crippen LogP contribution in [0, 0.1) is 18.8 Å². The number of carbonyl (C=O) groups is 2. The van der Waals surface area contributed by atoms with Gasteiger partial charge in [0.1, 0.15) is 23.9 Å². The van der Waals surface area contributed by atoms with Crippen LogP contribution in [-0.2, 0) is 19.7 Å². The number of aryl methyl sites for hydroxylation is 1. The standard InChI is InChI=1S/C58H69ClN8O7S/c1-34(2)51(56(71)66-31-41(68)28-48(66)54(69)61-45(32-65-23-25-72-26-24-65)38-11-13-39(14-12-38)53-35(3)60-33-75-53)49-29-50(63-74-49)73-42-16-9-36(10-17-42)30-64-21-19-37(20-22-64)40-15-18-43-47(27-40)67-46-8-6-7-44(59)52(46)55(70)62-57(67)58(43,4)5/h6-8,11-15,18,27,29,33-34,36-37,41-42,45,48,51,68H,9-10,16-17,19-26,28,30-32H2,1-5H3,(H,61,69)/t36?,41-,42?,45+,48+,51-/m1/s1. The molecule has 0 unspecified atom stereocenters. The number of aromatic nitrogens is 4. The Morgan fingerprint density at radius 3 is 2.44 bits per heavy atom. The second kappa shape index (κ2) is 21.5. The van der Waals surface area contributed by atoms with Crippen LogP contribution >= 0.6 is 22.9 Å². The zero-order chi connectivity index (χ0) is 52.1. The molecule has 0 spiro atoms. The van der Waals surface area contributed by atoms with Gasteiger partial charge in [0.2, 0.25) is 11.8 Å². The van der Waals surface area contributed by atoms with E-state index in [2.05, 4.69) is 91.1 Å². The van der Waals surface area contributed by atoms with Gasteiger partial charge in [0, 0.05) is 45.2 Å². The largest absolute Gasteiger partial charge is 0.472 e. The first-order chi connectivity index (χ1) is 36.2. The van der Waals surface area contributed by atoms with Crippen LogP contribution in [0.2, 0.25) is 5.02 Å². The first-order valence-corrected chi connectivity index (χ1v) is 28.3. The van der Waals surface area contributed by atoms with E-state index in [9.17, 15) is 19.5 Å². The molecule has 4 aliphatic heterocycles. The fourth-order valence-corrected chi connectivity index (χ4v) is 13.7. The lowest BCUT2D eigenvalue weighted by atomic mass is 9.82. The number of morpholine rings is 1. The van der Waals surface area contributed by atoms with E-state index in [-0.39, 0.29) is 48.4 Å². The molecule has 3 aromatic heterocycles. The van der Waals surface area contributed by atoms with Crippen molar-refractivity contribution in [2.75, 3.05) is 59.0 Å². The number of fused-ring (bicyclic) bond motifs is 5. The first-order valence-electron chi connectivity index (χ1n) is 27.0. The highest BCUT2D eigenvalue weighted by atomic mass is 35.5. The van der Waals surface area contributed by atoms with Gasteiger partial charge in [-0.1, -0.05) is 67.9 Å². The molecule has 11 rings (SSSR count). The summed E-state index contributed by atoms with van der Waals surface area (Å²) in [5.41, 5.74) is 8.56. The average molecular weight is 1060 g/mol. The summed E-state index contributed by atoms with van der Waals surface area (Å²) in [6, 6.07) is 21.3. The normalized spacial score (nSPS) is 23.1. The van der Waals surface area contributed by atoms with Gasteiger partial charge in [0.25, 0.3) is 11.4 Å². The fourth-order valence-electron chi connectivity index (χ4n) is 12.6. The molecule has 3 aromatic carbocycles. The number of amides is 2. The van der Waals surface area contributed by atoms with Gasteiger partial charge in [-0.3, -0.25) is 23.9 Å². The van der Waals surface area contributed by atoms with Crippen molar-refractivity contribution in [2.24, 2.45) is 11.8 Å². The molecule has 6 aromatic rings. The summed E-state index contributed by atoms with van der Waals surface area (Å²) in [5, 5.41) is 19.5. The molecule has 17 heteroatoms. The summed E-state index contributed by atoms with van der Waals surface area (Å²) in [6.45, 7) is 16.8. The number of carbonyl (C=O) groups excluding carboxylic acids is 2. The number of aliphatic hydroxyl groups is 1. The quantitative estimate of drug-likeness (QED) is 0.107. The highest BCUT2D eigenvalue weighted by Gasteiger charge is 2.45. The number of thiazole rings is 1. The molecule has 2 N–H and O–H groups in total. The van der Waals surface area contributed by atoms with E-state index in [0.717, 1.165) is 110 Å². The highest BCUT2D eigenvalue weighted by Crippen LogP contribution is 2.45. The predicted molar refractivity (Wildman–Crippen MR) is 290 cm³/mol. The number of benzene rings is 3. The monoisotopic (exact) mass is 1060 g/mol. The number of halogens is 1. The zero-order valence-electron chi connectivity index (χ0n) is 43.7. The maximum Gasteiger partial charge on any atom is 0.282 e. The van der Waals surface area contributed by atoms with Gasteiger partial charge in [-0.2, -0.15) is 4.98 Å². The highest BCUT2D eigenvalue weighted by molar-refractivity contribution is 7.13. The third kappa shape index (κ3) is 10.4. The van der Waals surface area contributed by atoms with Crippen molar-refractivity contribution in [3.8, 4) is 22.0 Å². The predicted octanol–water partition coefficient (Wildman–Crippen LogP) is 8.81. The third-order valence-electron chi connectivity index (χ3n) is 16.8. The lowest BCUT2D eigenvalue weighted by Gasteiger charge is -2.36. The maximum atomic E-state index is 14.6. The van der Waals surface area contributed by atoms with Gasteiger partial charge in [0.15, 0.2) is 5.76 Å². The number of aliphatic hydroxyl groups excluding tert-OH is 1. The Bertz CT molecular complexity index is 3100. The summed E-state index contributed by atoms with van der Waals surface area (Å²) < 4.78 is 20.1. The van der Waals surface area contributed by atoms with E-state index >= 15 is 0 Å². The van der Waals surface area contributed by atoms with Crippen molar-refractivity contribution in [2.45, 2.75) is 121 Å². The fraction of sp³-hybridized carbons (Fsp3) is 0.517. The van der Waals surface area contributed by atoms with E-state index in [1.165, 1.54) is 16.0 Å². The molecule has 75 heavy (non-hydrogen) atoms. The van der Waals surface area contributed by atoms with Crippen molar-refractivity contribution in [3.05, 3.63) is 122 Å². The molecule has 4 fully saturated rings. The number of nitrogens with one attached hydrogen (secondary N) is 1. The minimum absolute atomic E-state index is 0.00487. The third-order valence-corrected chi connectivity index (χ3v) is 18.1. The molecular weight excluding hydrogens is 988 g/mol. The molecule has 4 atom stereocenters. The van der Waals surface area contributed by atoms with Gasteiger partial charge in [-0.05, 0) is 136 Å². The number of ether oxygens (including phenoxy) is 2. The van der Waals surface area contributed by atoms with Crippen molar-refractivity contribution in [3.63, 3.8) is 0 Å². The van der Waals surface area contributed by atoms with Crippen LogP contribution in [0.3, 0.4) is 0 Å². The van der Waals surface area contributed by atoms with Crippen molar-refractivity contribution >= 4 is 45.7 Å². The van der Waals surface area contributed by atoms with E-state index in [1.54, 1.807) is 23.5 Å². The Balaban J connectivity index is 0.685. The Labute approximate surface area is 447 Å². The van der Waals surface area contributed by atoms with Crippen LogP contribution in [0.1, 0.15) is 124 Å². The second-order valence-corrected chi connectivity index (χ2v) is 23.8. The van der Waals surface area contributed by atoms with Crippen LogP contribution in [-0.4, -0.2) is 129 Å². The minimum atomic E-state index is -0.855. The van der Waals surface area contributed by atoms with Crippen LogP contribution in [0.25, 0.3) is 27.0 Å².